The van der Waals surface area contributed by atoms with Crippen molar-refractivity contribution in [2.45, 2.75) is 38.5 Å². The molecule has 2 heterocycles. The number of aromatic nitrogens is 1. The zero-order chi connectivity index (χ0) is 17.2. The molecule has 128 valence electrons. The summed E-state index contributed by atoms with van der Waals surface area (Å²) >= 11 is 0. The zero-order valence-electron chi connectivity index (χ0n) is 14.1. The van der Waals surface area contributed by atoms with E-state index in [1.807, 2.05) is 25.1 Å². The van der Waals surface area contributed by atoms with E-state index in [0.29, 0.717) is 25.3 Å². The highest BCUT2D eigenvalue weighted by atomic mass is 19.1. The van der Waals surface area contributed by atoms with Gasteiger partial charge in [-0.25, -0.2) is 4.39 Å². The van der Waals surface area contributed by atoms with Gasteiger partial charge in [-0.05, 0) is 44.5 Å². The minimum Gasteiger partial charge on any atom is -0.486 e. The Kier molecular flexibility index (Phi) is 4.83. The van der Waals surface area contributed by atoms with Crippen LogP contribution in [0, 0.1) is 12.7 Å². The van der Waals surface area contributed by atoms with E-state index in [1.165, 1.54) is 12.1 Å². The first-order valence-corrected chi connectivity index (χ1v) is 8.22. The molecule has 3 rings (SSSR count). The summed E-state index contributed by atoms with van der Waals surface area (Å²) in [7, 11) is 0. The Bertz CT molecular complexity index is 705. The van der Waals surface area contributed by atoms with Crippen molar-refractivity contribution in [3.05, 3.63) is 59.7 Å². The van der Waals surface area contributed by atoms with E-state index in [2.05, 4.69) is 9.88 Å². The van der Waals surface area contributed by atoms with E-state index < -0.39 is 11.7 Å². The Morgan fingerprint density at radius 2 is 2.12 bits per heavy atom. The van der Waals surface area contributed by atoms with Gasteiger partial charge >= 0.3 is 0 Å². The molecule has 1 fully saturated rings. The molecule has 2 atom stereocenters. The fraction of sp³-hybridized carbons (Fsp3) is 0.421. The number of ether oxygens (including phenoxy) is 1. The highest BCUT2D eigenvalue weighted by Crippen LogP contribution is 2.27. The van der Waals surface area contributed by atoms with Crippen LogP contribution in [0.3, 0.4) is 0 Å². The average molecular weight is 330 g/mol. The van der Waals surface area contributed by atoms with E-state index in [4.69, 9.17) is 4.74 Å². The van der Waals surface area contributed by atoms with Gasteiger partial charge in [0.15, 0.2) is 0 Å². The van der Waals surface area contributed by atoms with Gasteiger partial charge in [0, 0.05) is 31.4 Å². The fourth-order valence-electron chi connectivity index (χ4n) is 3.00. The Hall–Kier alpha value is -1.98. The van der Waals surface area contributed by atoms with Gasteiger partial charge in [-0.2, -0.15) is 0 Å². The largest absolute Gasteiger partial charge is 0.486 e. The SMILES string of the molecule is Cc1cccc(CN2CC[C@@](C)(O)[C@H](Oc3cccc(F)c3)C2)n1. The number of piperidine rings is 1. The first-order valence-electron chi connectivity index (χ1n) is 8.22. The summed E-state index contributed by atoms with van der Waals surface area (Å²) in [6.45, 7) is 5.80. The number of benzene rings is 1. The first-order chi connectivity index (χ1) is 11.4. The third-order valence-electron chi connectivity index (χ3n) is 4.46. The van der Waals surface area contributed by atoms with E-state index >= 15 is 0 Å². The fourth-order valence-corrected chi connectivity index (χ4v) is 3.00. The molecule has 0 amide bonds. The molecule has 1 aromatic heterocycles. The second-order valence-electron chi connectivity index (χ2n) is 6.68. The van der Waals surface area contributed by atoms with Gasteiger partial charge < -0.3 is 9.84 Å². The molecule has 0 radical (unpaired) electrons. The van der Waals surface area contributed by atoms with Crippen LogP contribution in [0.1, 0.15) is 24.7 Å². The van der Waals surface area contributed by atoms with Crippen molar-refractivity contribution in [2.75, 3.05) is 13.1 Å². The van der Waals surface area contributed by atoms with Gasteiger partial charge in [0.05, 0.1) is 5.69 Å². The predicted octanol–water partition coefficient (Wildman–Crippen LogP) is 2.93. The summed E-state index contributed by atoms with van der Waals surface area (Å²) in [6.07, 6.45) is 0.177. The number of pyridine rings is 1. The molecule has 2 aromatic rings. The monoisotopic (exact) mass is 330 g/mol. The number of halogens is 1. The standard InChI is InChI=1S/C19H23FN2O2/c1-14-5-3-7-16(21-14)12-22-10-9-19(2,23)18(13-22)24-17-8-4-6-15(20)11-17/h3-8,11,18,23H,9-10,12-13H2,1-2H3/t18-,19-/m1/s1. The molecule has 0 unspecified atom stereocenters. The molecule has 0 bridgehead atoms. The van der Waals surface area contributed by atoms with Crippen LogP contribution in [0.5, 0.6) is 5.75 Å². The molecule has 4 nitrogen and oxygen atoms in total. The molecule has 0 aliphatic carbocycles. The van der Waals surface area contributed by atoms with Crippen molar-refractivity contribution in [1.29, 1.82) is 0 Å². The molecule has 1 N–H and O–H groups in total. The lowest BCUT2D eigenvalue weighted by atomic mass is 9.90. The number of rotatable bonds is 4. The number of aliphatic hydroxyl groups is 1. The Labute approximate surface area is 141 Å². The molecule has 1 aromatic carbocycles. The maximum atomic E-state index is 13.4. The molecule has 1 aliphatic rings. The Balaban J connectivity index is 1.70. The van der Waals surface area contributed by atoms with Gasteiger partial charge in [-0.3, -0.25) is 9.88 Å². The summed E-state index contributed by atoms with van der Waals surface area (Å²) in [6, 6.07) is 12.0. The highest BCUT2D eigenvalue weighted by molar-refractivity contribution is 5.23. The molecule has 24 heavy (non-hydrogen) atoms. The minimum atomic E-state index is -0.942. The molecule has 0 spiro atoms. The van der Waals surface area contributed by atoms with Crippen molar-refractivity contribution < 1.29 is 14.2 Å². The summed E-state index contributed by atoms with van der Waals surface area (Å²) < 4.78 is 19.2. The van der Waals surface area contributed by atoms with E-state index in [9.17, 15) is 9.50 Å². The zero-order valence-corrected chi connectivity index (χ0v) is 14.1. The lowest BCUT2D eigenvalue weighted by molar-refractivity contribution is -0.0967. The van der Waals surface area contributed by atoms with Crippen molar-refractivity contribution in [1.82, 2.24) is 9.88 Å². The number of likely N-dealkylation sites (tertiary alicyclic amines) is 1. The van der Waals surface area contributed by atoms with Crippen molar-refractivity contribution in [3.8, 4) is 5.75 Å². The topological polar surface area (TPSA) is 45.6 Å². The summed E-state index contributed by atoms with van der Waals surface area (Å²) in [4.78, 5) is 6.74. The van der Waals surface area contributed by atoms with Crippen LogP contribution in [-0.2, 0) is 6.54 Å². The third-order valence-corrected chi connectivity index (χ3v) is 4.46. The molecule has 1 saturated heterocycles. The van der Waals surface area contributed by atoms with Crippen molar-refractivity contribution >= 4 is 0 Å². The number of aryl methyl sites for hydroxylation is 1. The summed E-state index contributed by atoms with van der Waals surface area (Å²) in [5.41, 5.74) is 1.05. The van der Waals surface area contributed by atoms with Crippen LogP contribution < -0.4 is 4.74 Å². The minimum absolute atomic E-state index is 0.344. The Morgan fingerprint density at radius 3 is 2.88 bits per heavy atom. The lowest BCUT2D eigenvalue weighted by Crippen LogP contribution is -2.56. The highest BCUT2D eigenvalue weighted by Gasteiger charge is 2.39. The molecule has 0 saturated carbocycles. The lowest BCUT2D eigenvalue weighted by Gasteiger charge is -2.42. The predicted molar refractivity (Wildman–Crippen MR) is 90.3 cm³/mol. The van der Waals surface area contributed by atoms with Gasteiger partial charge in [-0.1, -0.05) is 12.1 Å². The van der Waals surface area contributed by atoms with Crippen molar-refractivity contribution in [3.63, 3.8) is 0 Å². The molecule has 5 heteroatoms. The maximum Gasteiger partial charge on any atom is 0.140 e. The van der Waals surface area contributed by atoms with Gasteiger partial charge in [0.1, 0.15) is 23.3 Å². The van der Waals surface area contributed by atoms with Crippen LogP contribution in [0.15, 0.2) is 42.5 Å². The smallest absolute Gasteiger partial charge is 0.140 e. The van der Waals surface area contributed by atoms with Crippen LogP contribution in [-0.4, -0.2) is 39.8 Å². The summed E-state index contributed by atoms with van der Waals surface area (Å²) in [5, 5.41) is 10.6. The molecular formula is C19H23FN2O2. The Morgan fingerprint density at radius 1 is 1.33 bits per heavy atom. The first kappa shape index (κ1) is 16.9. The van der Waals surface area contributed by atoms with E-state index in [0.717, 1.165) is 17.9 Å². The van der Waals surface area contributed by atoms with Crippen LogP contribution in [0.2, 0.25) is 0 Å². The normalized spacial score (nSPS) is 24.8. The second kappa shape index (κ2) is 6.87. The van der Waals surface area contributed by atoms with Crippen LogP contribution in [0.4, 0.5) is 4.39 Å². The maximum absolute atomic E-state index is 13.4. The van der Waals surface area contributed by atoms with E-state index in [1.54, 1.807) is 19.1 Å². The molecule has 1 aliphatic heterocycles. The average Bonchev–Trinajstić information content (AvgIpc) is 2.51. The number of hydrogen-bond donors (Lipinski definition) is 1. The van der Waals surface area contributed by atoms with Crippen LogP contribution in [0.25, 0.3) is 0 Å². The van der Waals surface area contributed by atoms with Gasteiger partial charge in [0.2, 0.25) is 0 Å². The molecular weight excluding hydrogens is 307 g/mol. The van der Waals surface area contributed by atoms with Gasteiger partial charge in [-0.15, -0.1) is 0 Å². The van der Waals surface area contributed by atoms with Gasteiger partial charge in [0.25, 0.3) is 0 Å². The van der Waals surface area contributed by atoms with E-state index in [-0.39, 0.29) is 5.82 Å². The summed E-state index contributed by atoms with van der Waals surface area (Å²) in [5.74, 6) is 0.0968. The third kappa shape index (κ3) is 4.10. The van der Waals surface area contributed by atoms with Crippen molar-refractivity contribution in [2.24, 2.45) is 0 Å². The quantitative estimate of drug-likeness (QED) is 0.936. The number of nitrogens with zero attached hydrogens (tertiary/aromatic N) is 2. The number of hydrogen-bond acceptors (Lipinski definition) is 4. The second-order valence-corrected chi connectivity index (χ2v) is 6.68. The van der Waals surface area contributed by atoms with Crippen LogP contribution >= 0.6 is 0 Å².